The molecule has 0 aromatic rings. The van der Waals surface area contributed by atoms with Crippen LogP contribution in [0.15, 0.2) is 51.8 Å². The molecule has 156 valence electrons. The molecule has 3 rings (SSSR count). The number of imide groups is 1. The molecule has 2 saturated heterocycles. The van der Waals surface area contributed by atoms with Crippen molar-refractivity contribution < 1.29 is 14.1 Å². The molecule has 3 heterocycles. The zero-order valence-corrected chi connectivity index (χ0v) is 18.7. The van der Waals surface area contributed by atoms with Crippen LogP contribution in [0, 0.1) is 0 Å². The van der Waals surface area contributed by atoms with Crippen LogP contribution in [0.2, 0.25) is 0 Å². The Labute approximate surface area is 177 Å². The average molecular weight is 417 g/mol. The number of thioether (sulfide) groups is 1. The van der Waals surface area contributed by atoms with Gasteiger partial charge in [-0.05, 0) is 39.1 Å². The highest BCUT2D eigenvalue weighted by molar-refractivity contribution is 8.17. The van der Waals surface area contributed by atoms with E-state index >= 15 is 0 Å². The van der Waals surface area contributed by atoms with Gasteiger partial charge in [-0.15, -0.1) is 0 Å². The minimum absolute atomic E-state index is 0.166. The van der Waals surface area contributed by atoms with Crippen LogP contribution in [-0.4, -0.2) is 90.5 Å². The second-order valence-corrected chi connectivity index (χ2v) is 8.95. The van der Waals surface area contributed by atoms with Gasteiger partial charge in [0.1, 0.15) is 16.6 Å². The first kappa shape index (κ1) is 21.5. The molecule has 29 heavy (non-hydrogen) atoms. The van der Waals surface area contributed by atoms with Gasteiger partial charge in [0.25, 0.3) is 0 Å². The molecule has 0 radical (unpaired) electrons. The first-order valence-corrected chi connectivity index (χ1v) is 10.7. The molecule has 0 unspecified atom stereocenters. The normalized spacial score (nSPS) is 26.5. The van der Waals surface area contributed by atoms with Gasteiger partial charge in [-0.2, -0.15) is 4.48 Å². The smallest absolute Gasteiger partial charge is 0.355 e. The molecule has 0 spiro atoms. The summed E-state index contributed by atoms with van der Waals surface area (Å²) < 4.78 is -0.263. The number of hydrogen-bond donors (Lipinski definition) is 0. The fourth-order valence-corrected chi connectivity index (χ4v) is 4.40. The van der Waals surface area contributed by atoms with Crippen LogP contribution in [-0.2, 0) is 4.79 Å². The lowest BCUT2D eigenvalue weighted by molar-refractivity contribution is -0.716. The number of quaternary nitrogens is 1. The number of amidine groups is 1. The Kier molecular flexibility index (Phi) is 6.45. The van der Waals surface area contributed by atoms with Crippen molar-refractivity contribution in [1.82, 2.24) is 14.7 Å². The van der Waals surface area contributed by atoms with Gasteiger partial charge in [-0.1, -0.05) is 12.2 Å². The summed E-state index contributed by atoms with van der Waals surface area (Å²) in [6, 6.07) is 0. The number of amides is 2. The van der Waals surface area contributed by atoms with Gasteiger partial charge in [0.05, 0.1) is 14.1 Å². The molecular formula is C21H30N5O2S+. The predicted octanol–water partition coefficient (Wildman–Crippen LogP) is 2.62. The maximum Gasteiger partial charge on any atom is 0.387 e. The Bertz CT molecular complexity index is 853. The number of carbonyl (C=O) groups is 2. The highest BCUT2D eigenvalue weighted by Gasteiger charge is 2.47. The number of carbonyl (C=O) groups excluding carboxylic acids is 2. The van der Waals surface area contributed by atoms with Crippen molar-refractivity contribution in [2.75, 3.05) is 54.4 Å². The first-order chi connectivity index (χ1) is 13.7. The van der Waals surface area contributed by atoms with Crippen LogP contribution >= 0.6 is 11.8 Å². The first-order valence-electron chi connectivity index (χ1n) is 9.87. The minimum Gasteiger partial charge on any atom is -0.355 e. The maximum atomic E-state index is 12.7. The van der Waals surface area contributed by atoms with Crippen molar-refractivity contribution in [2.24, 2.45) is 4.99 Å². The second kappa shape index (κ2) is 8.69. The second-order valence-electron chi connectivity index (χ2n) is 7.95. The molecule has 3 aliphatic rings. The summed E-state index contributed by atoms with van der Waals surface area (Å²) in [6.45, 7) is 5.94. The molecule has 0 N–H and O–H groups in total. The molecule has 3 aliphatic heterocycles. The average Bonchev–Trinajstić information content (AvgIpc) is 2.84. The van der Waals surface area contributed by atoms with E-state index < -0.39 is 0 Å². The number of aliphatic imine (C=N–C) groups is 1. The standard InChI is InChI=1S/C21H30N5O2S/c1-6-8-16(15-17-20(27)26(4,5)21(28)29-17)19-22-18(9-12-24(19)3)25-11-7-10-23(2)13-14-25/h6,8-9,12,15H,7,10-11,13-14H2,1-5H3/q+1. The number of allylic oxidation sites excluding steroid dienone is 4. The molecule has 7 nitrogen and oxygen atoms in total. The van der Waals surface area contributed by atoms with Crippen LogP contribution in [0.1, 0.15) is 13.3 Å². The van der Waals surface area contributed by atoms with Gasteiger partial charge in [0.2, 0.25) is 0 Å². The van der Waals surface area contributed by atoms with Crippen LogP contribution in [0.3, 0.4) is 0 Å². The van der Waals surface area contributed by atoms with E-state index in [0.29, 0.717) is 4.91 Å². The monoisotopic (exact) mass is 416 g/mol. The minimum atomic E-state index is -0.263. The molecule has 2 fully saturated rings. The Morgan fingerprint density at radius 2 is 1.93 bits per heavy atom. The SMILES string of the molecule is CC=CC(C=C1SC(=O)[N+](C)(C)C1=O)=C1N=C(N2CCCN(C)CC2)C=CN1C. The number of hydrogen-bond acceptors (Lipinski definition) is 7. The van der Waals surface area contributed by atoms with Crippen molar-refractivity contribution in [3.05, 3.63) is 46.8 Å². The van der Waals surface area contributed by atoms with Crippen molar-refractivity contribution >= 4 is 28.7 Å². The topological polar surface area (TPSA) is 56.2 Å². The van der Waals surface area contributed by atoms with Crippen molar-refractivity contribution in [2.45, 2.75) is 13.3 Å². The lowest BCUT2D eigenvalue weighted by Crippen LogP contribution is -2.43. The van der Waals surface area contributed by atoms with Crippen LogP contribution in [0.25, 0.3) is 0 Å². The van der Waals surface area contributed by atoms with Crippen LogP contribution in [0.4, 0.5) is 4.79 Å². The molecular weight excluding hydrogens is 386 g/mol. The molecule has 8 heteroatoms. The van der Waals surface area contributed by atoms with Gasteiger partial charge in [0.15, 0.2) is 0 Å². The largest absolute Gasteiger partial charge is 0.387 e. The predicted molar refractivity (Wildman–Crippen MR) is 118 cm³/mol. The van der Waals surface area contributed by atoms with Crippen molar-refractivity contribution in [1.29, 1.82) is 0 Å². The number of nitrogens with zero attached hydrogens (tertiary/aromatic N) is 5. The third kappa shape index (κ3) is 4.55. The summed E-state index contributed by atoms with van der Waals surface area (Å²) >= 11 is 1.01. The summed E-state index contributed by atoms with van der Waals surface area (Å²) in [5.74, 6) is 1.52. The number of rotatable bonds is 2. The van der Waals surface area contributed by atoms with Gasteiger partial charge in [-0.25, -0.2) is 14.6 Å². The summed E-state index contributed by atoms with van der Waals surface area (Å²) in [5.41, 5.74) is 0.814. The Morgan fingerprint density at radius 3 is 2.59 bits per heavy atom. The Morgan fingerprint density at radius 1 is 1.17 bits per heavy atom. The fourth-order valence-electron chi connectivity index (χ4n) is 3.40. The summed E-state index contributed by atoms with van der Waals surface area (Å²) in [5, 5.41) is -0.166. The van der Waals surface area contributed by atoms with E-state index in [-0.39, 0.29) is 15.6 Å². The Balaban J connectivity index is 1.99. The summed E-state index contributed by atoms with van der Waals surface area (Å²) in [6.07, 6.45) is 10.8. The van der Waals surface area contributed by atoms with E-state index in [1.54, 1.807) is 20.2 Å². The quantitative estimate of drug-likeness (QED) is 0.510. The third-order valence-electron chi connectivity index (χ3n) is 5.31. The maximum absolute atomic E-state index is 12.7. The lowest BCUT2D eigenvalue weighted by atomic mass is 10.2. The van der Waals surface area contributed by atoms with E-state index in [1.807, 2.05) is 43.3 Å². The fraction of sp³-hybridized carbons (Fsp3) is 0.476. The zero-order valence-electron chi connectivity index (χ0n) is 17.9. The lowest BCUT2D eigenvalue weighted by Gasteiger charge is -2.28. The van der Waals surface area contributed by atoms with Crippen LogP contribution in [0.5, 0.6) is 0 Å². The highest BCUT2D eigenvalue weighted by atomic mass is 32.2. The molecule has 0 atom stereocenters. The van der Waals surface area contributed by atoms with Crippen LogP contribution < -0.4 is 0 Å². The molecule has 0 saturated carbocycles. The van der Waals surface area contributed by atoms with Gasteiger partial charge >= 0.3 is 11.1 Å². The third-order valence-corrected chi connectivity index (χ3v) is 6.45. The molecule has 0 aromatic heterocycles. The zero-order chi connectivity index (χ0) is 21.2. The Hall–Kier alpha value is -2.16. The molecule has 0 bridgehead atoms. The van der Waals surface area contributed by atoms with Crippen molar-refractivity contribution in [3.8, 4) is 0 Å². The van der Waals surface area contributed by atoms with Gasteiger partial charge in [-0.3, -0.25) is 0 Å². The number of likely N-dealkylation sites (N-methyl/N-ethyl adjacent to an activating group) is 2. The van der Waals surface area contributed by atoms with Crippen molar-refractivity contribution in [3.63, 3.8) is 0 Å². The summed E-state index contributed by atoms with van der Waals surface area (Å²) in [7, 11) is 7.35. The van der Waals surface area contributed by atoms with E-state index in [2.05, 4.69) is 16.8 Å². The molecule has 0 aromatic carbocycles. The van der Waals surface area contributed by atoms with E-state index in [1.165, 1.54) is 0 Å². The van der Waals surface area contributed by atoms with E-state index in [4.69, 9.17) is 4.99 Å². The van der Waals surface area contributed by atoms with E-state index in [9.17, 15) is 9.59 Å². The van der Waals surface area contributed by atoms with Gasteiger partial charge < -0.3 is 14.7 Å². The highest BCUT2D eigenvalue weighted by Crippen LogP contribution is 2.35. The molecule has 2 amide bonds. The summed E-state index contributed by atoms with van der Waals surface area (Å²) in [4.78, 5) is 36.8. The molecule has 0 aliphatic carbocycles. The van der Waals surface area contributed by atoms with E-state index in [0.717, 1.165) is 61.6 Å². The van der Waals surface area contributed by atoms with Gasteiger partial charge in [0, 0.05) is 50.2 Å².